The van der Waals surface area contributed by atoms with Crippen LogP contribution in [0.3, 0.4) is 0 Å². The van der Waals surface area contributed by atoms with Crippen LogP contribution in [-0.4, -0.2) is 10.9 Å². The lowest BCUT2D eigenvalue weighted by Gasteiger charge is -2.12. The SMILES string of the molecule is OC(CSc1ccccc1Br)c1cc(Br)ccc1F. The molecule has 100 valence electrons. The third-order valence-electron chi connectivity index (χ3n) is 2.55. The van der Waals surface area contributed by atoms with E-state index in [-0.39, 0.29) is 5.82 Å². The lowest BCUT2D eigenvalue weighted by Crippen LogP contribution is -2.03. The number of halogens is 3. The maximum Gasteiger partial charge on any atom is 0.129 e. The van der Waals surface area contributed by atoms with Crippen molar-refractivity contribution in [2.45, 2.75) is 11.0 Å². The van der Waals surface area contributed by atoms with Crippen molar-refractivity contribution < 1.29 is 9.50 Å². The Hall–Kier alpha value is -0.360. The molecule has 1 atom stereocenters. The minimum atomic E-state index is -0.838. The van der Waals surface area contributed by atoms with Crippen LogP contribution in [-0.2, 0) is 0 Å². The van der Waals surface area contributed by atoms with E-state index >= 15 is 0 Å². The van der Waals surface area contributed by atoms with Gasteiger partial charge in [-0.1, -0.05) is 28.1 Å². The fourth-order valence-electron chi connectivity index (χ4n) is 1.59. The molecule has 0 radical (unpaired) electrons. The summed E-state index contributed by atoms with van der Waals surface area (Å²) in [4.78, 5) is 1.02. The van der Waals surface area contributed by atoms with Crippen molar-refractivity contribution in [2.75, 3.05) is 5.75 Å². The molecule has 0 amide bonds. The molecule has 0 aliphatic heterocycles. The Bertz CT molecular complexity index is 577. The van der Waals surface area contributed by atoms with Gasteiger partial charge in [0.2, 0.25) is 0 Å². The van der Waals surface area contributed by atoms with Gasteiger partial charge in [0.05, 0.1) is 6.10 Å². The van der Waals surface area contributed by atoms with Crippen molar-refractivity contribution in [1.82, 2.24) is 0 Å². The predicted molar refractivity (Wildman–Crippen MR) is 83.9 cm³/mol. The Labute approximate surface area is 132 Å². The molecule has 2 aromatic carbocycles. The first-order valence-electron chi connectivity index (χ1n) is 5.58. The van der Waals surface area contributed by atoms with Gasteiger partial charge >= 0.3 is 0 Å². The van der Waals surface area contributed by atoms with E-state index in [9.17, 15) is 9.50 Å². The molecular formula is C14H11Br2FOS. The van der Waals surface area contributed by atoms with Gasteiger partial charge in [-0.25, -0.2) is 4.39 Å². The summed E-state index contributed by atoms with van der Waals surface area (Å²) in [5, 5.41) is 10.1. The van der Waals surface area contributed by atoms with E-state index in [4.69, 9.17) is 0 Å². The zero-order chi connectivity index (χ0) is 13.8. The quantitative estimate of drug-likeness (QED) is 0.707. The average molecular weight is 406 g/mol. The monoisotopic (exact) mass is 404 g/mol. The Balaban J connectivity index is 2.07. The van der Waals surface area contributed by atoms with Gasteiger partial charge in [0.15, 0.2) is 0 Å². The fraction of sp³-hybridized carbons (Fsp3) is 0.143. The van der Waals surface area contributed by atoms with Crippen molar-refractivity contribution in [3.63, 3.8) is 0 Å². The van der Waals surface area contributed by atoms with Crippen LogP contribution >= 0.6 is 43.6 Å². The van der Waals surface area contributed by atoms with Crippen molar-refractivity contribution in [3.8, 4) is 0 Å². The molecule has 0 spiro atoms. The summed E-state index contributed by atoms with van der Waals surface area (Å²) in [5.74, 6) is 0.0131. The normalized spacial score (nSPS) is 12.4. The average Bonchev–Trinajstić information content (AvgIpc) is 2.40. The van der Waals surface area contributed by atoms with E-state index in [2.05, 4.69) is 31.9 Å². The maximum absolute atomic E-state index is 13.6. The summed E-state index contributed by atoms with van der Waals surface area (Å²) < 4.78 is 15.4. The predicted octanol–water partition coefficient (Wildman–Crippen LogP) is 5.18. The summed E-state index contributed by atoms with van der Waals surface area (Å²) in [5.41, 5.74) is 0.314. The number of aliphatic hydroxyl groups excluding tert-OH is 1. The summed E-state index contributed by atoms with van der Waals surface area (Å²) in [6.07, 6.45) is -0.838. The summed E-state index contributed by atoms with van der Waals surface area (Å²) in [6, 6.07) is 12.3. The molecule has 19 heavy (non-hydrogen) atoms. The Morgan fingerprint density at radius 2 is 1.89 bits per heavy atom. The van der Waals surface area contributed by atoms with Gasteiger partial charge < -0.3 is 5.11 Å². The number of hydrogen-bond donors (Lipinski definition) is 1. The van der Waals surface area contributed by atoms with Gasteiger partial charge in [0.1, 0.15) is 5.82 Å². The van der Waals surface area contributed by atoms with E-state index in [0.717, 1.165) is 13.8 Å². The van der Waals surface area contributed by atoms with Crippen LogP contribution in [0.15, 0.2) is 56.3 Å². The first-order chi connectivity index (χ1) is 9.08. The minimum Gasteiger partial charge on any atom is -0.387 e. The summed E-state index contributed by atoms with van der Waals surface area (Å²) in [6.45, 7) is 0. The Morgan fingerprint density at radius 3 is 2.63 bits per heavy atom. The molecule has 0 bridgehead atoms. The molecule has 0 heterocycles. The molecule has 1 N–H and O–H groups in total. The molecule has 2 aromatic rings. The first kappa shape index (κ1) is 15.0. The second-order valence-electron chi connectivity index (χ2n) is 3.92. The summed E-state index contributed by atoms with van der Waals surface area (Å²) in [7, 11) is 0. The van der Waals surface area contributed by atoms with Crippen LogP contribution in [0.2, 0.25) is 0 Å². The second-order valence-corrected chi connectivity index (χ2v) is 6.75. The lowest BCUT2D eigenvalue weighted by molar-refractivity contribution is 0.199. The van der Waals surface area contributed by atoms with E-state index in [1.807, 2.05) is 24.3 Å². The van der Waals surface area contributed by atoms with Crippen LogP contribution in [0.5, 0.6) is 0 Å². The number of benzene rings is 2. The number of thioether (sulfide) groups is 1. The molecular weight excluding hydrogens is 395 g/mol. The topological polar surface area (TPSA) is 20.2 Å². The maximum atomic E-state index is 13.6. The lowest BCUT2D eigenvalue weighted by atomic mass is 10.1. The number of rotatable bonds is 4. The second kappa shape index (κ2) is 6.88. The molecule has 0 aromatic heterocycles. The van der Waals surface area contributed by atoms with Crippen molar-refractivity contribution in [3.05, 3.63) is 62.8 Å². The van der Waals surface area contributed by atoms with Crippen LogP contribution < -0.4 is 0 Å². The van der Waals surface area contributed by atoms with E-state index in [0.29, 0.717) is 11.3 Å². The van der Waals surface area contributed by atoms with Gasteiger partial charge in [-0.05, 0) is 46.3 Å². The molecule has 0 fully saturated rings. The third-order valence-corrected chi connectivity index (χ3v) is 5.15. The minimum absolute atomic E-state index is 0.314. The van der Waals surface area contributed by atoms with Crippen LogP contribution in [0.4, 0.5) is 4.39 Å². The summed E-state index contributed by atoms with van der Waals surface area (Å²) >= 11 is 8.21. The van der Waals surface area contributed by atoms with Gasteiger partial charge in [0.25, 0.3) is 0 Å². The Kier molecular flexibility index (Phi) is 5.45. The molecule has 5 heteroatoms. The van der Waals surface area contributed by atoms with E-state index in [1.54, 1.807) is 12.1 Å². The zero-order valence-corrected chi connectivity index (χ0v) is 13.8. The van der Waals surface area contributed by atoms with Crippen molar-refractivity contribution >= 4 is 43.6 Å². The highest BCUT2D eigenvalue weighted by molar-refractivity contribution is 9.10. The number of aliphatic hydroxyl groups is 1. The smallest absolute Gasteiger partial charge is 0.129 e. The van der Waals surface area contributed by atoms with Gasteiger partial charge in [-0.3, -0.25) is 0 Å². The van der Waals surface area contributed by atoms with Crippen molar-refractivity contribution in [1.29, 1.82) is 0 Å². The van der Waals surface area contributed by atoms with E-state index in [1.165, 1.54) is 17.8 Å². The first-order valence-corrected chi connectivity index (χ1v) is 8.15. The van der Waals surface area contributed by atoms with E-state index < -0.39 is 6.10 Å². The largest absolute Gasteiger partial charge is 0.387 e. The standard InChI is InChI=1S/C14H11Br2FOS/c15-9-5-6-12(17)10(7-9)13(18)8-19-14-4-2-1-3-11(14)16/h1-7,13,18H,8H2. The Morgan fingerprint density at radius 1 is 1.16 bits per heavy atom. The van der Waals surface area contributed by atoms with Crippen molar-refractivity contribution in [2.24, 2.45) is 0 Å². The highest BCUT2D eigenvalue weighted by Gasteiger charge is 2.14. The van der Waals surface area contributed by atoms with Crippen LogP contribution in [0.1, 0.15) is 11.7 Å². The highest BCUT2D eigenvalue weighted by Crippen LogP contribution is 2.31. The van der Waals surface area contributed by atoms with Gasteiger partial charge in [0, 0.05) is 25.2 Å². The van der Waals surface area contributed by atoms with Gasteiger partial charge in [-0.15, -0.1) is 11.8 Å². The molecule has 0 aliphatic rings. The zero-order valence-electron chi connectivity index (χ0n) is 9.82. The molecule has 2 rings (SSSR count). The molecule has 1 nitrogen and oxygen atoms in total. The molecule has 0 saturated carbocycles. The fourth-order valence-corrected chi connectivity index (χ4v) is 3.49. The van der Waals surface area contributed by atoms with Gasteiger partial charge in [-0.2, -0.15) is 0 Å². The number of hydrogen-bond acceptors (Lipinski definition) is 2. The van der Waals surface area contributed by atoms with Crippen LogP contribution in [0, 0.1) is 5.82 Å². The highest BCUT2D eigenvalue weighted by atomic mass is 79.9. The van der Waals surface area contributed by atoms with Crippen LogP contribution in [0.25, 0.3) is 0 Å². The molecule has 0 saturated heterocycles. The third kappa shape index (κ3) is 4.05. The molecule has 1 unspecified atom stereocenters. The molecule has 0 aliphatic carbocycles.